The molecule has 0 aliphatic rings. The van der Waals surface area contributed by atoms with Crippen molar-refractivity contribution in [2.45, 2.75) is 41.0 Å². The molecule has 0 aliphatic carbocycles. The number of aryl methyl sites for hydroxylation is 2. The van der Waals surface area contributed by atoms with Gasteiger partial charge in [0.25, 0.3) is 5.91 Å². The van der Waals surface area contributed by atoms with E-state index in [1.54, 1.807) is 6.20 Å². The number of carbonyl (C=O) groups is 1. The Kier molecular flexibility index (Phi) is 5.51. The van der Waals surface area contributed by atoms with E-state index in [0.717, 1.165) is 28.5 Å². The lowest BCUT2D eigenvalue weighted by molar-refractivity contribution is 0.102. The average Bonchev–Trinajstić information content (AvgIpc) is 2.65. The Morgan fingerprint density at radius 1 is 1.11 bits per heavy atom. The maximum absolute atomic E-state index is 12.7. The van der Waals surface area contributed by atoms with Gasteiger partial charge in [0.1, 0.15) is 0 Å². The number of hydrogen-bond donors (Lipinski definition) is 1. The van der Waals surface area contributed by atoms with Crippen LogP contribution in [0.5, 0.6) is 0 Å². The summed E-state index contributed by atoms with van der Waals surface area (Å²) < 4.78 is 0. The van der Waals surface area contributed by atoms with E-state index in [2.05, 4.69) is 62.0 Å². The molecular formula is C25H26N2O. The lowest BCUT2D eigenvalue weighted by Gasteiger charge is -2.10. The molecule has 0 saturated carbocycles. The molecule has 1 heterocycles. The Balaban J connectivity index is 1.80. The number of fused-ring (bicyclic) bond motifs is 1. The summed E-state index contributed by atoms with van der Waals surface area (Å²) in [4.78, 5) is 17.2. The van der Waals surface area contributed by atoms with Crippen LogP contribution in [0, 0.1) is 24.2 Å². The lowest BCUT2D eigenvalue weighted by atomic mass is 9.97. The van der Waals surface area contributed by atoms with Crippen LogP contribution in [-0.4, -0.2) is 10.9 Å². The second-order valence-electron chi connectivity index (χ2n) is 8.09. The van der Waals surface area contributed by atoms with Crippen LogP contribution in [0.25, 0.3) is 10.9 Å². The van der Waals surface area contributed by atoms with E-state index in [9.17, 15) is 4.79 Å². The zero-order chi connectivity index (χ0) is 20.3. The molecule has 0 fully saturated rings. The van der Waals surface area contributed by atoms with Gasteiger partial charge in [-0.15, -0.1) is 0 Å². The van der Waals surface area contributed by atoms with Crippen molar-refractivity contribution in [2.24, 2.45) is 5.41 Å². The highest BCUT2D eigenvalue weighted by Gasteiger charge is 2.11. The molecule has 28 heavy (non-hydrogen) atoms. The number of hydrogen-bond acceptors (Lipinski definition) is 2. The van der Waals surface area contributed by atoms with Crippen molar-refractivity contribution in [1.29, 1.82) is 0 Å². The largest absolute Gasteiger partial charge is 0.321 e. The number of anilines is 1. The van der Waals surface area contributed by atoms with Gasteiger partial charge in [-0.3, -0.25) is 9.78 Å². The predicted molar refractivity (Wildman–Crippen MR) is 117 cm³/mol. The number of carbonyl (C=O) groups excluding carboxylic acids is 1. The molecule has 3 aromatic rings. The SMILES string of the molecule is CCc1ccc2cc(NC(=O)c3ccc(C#CC(C)(C)C)cc3C)cnc2c1. The van der Waals surface area contributed by atoms with E-state index in [1.807, 2.05) is 37.3 Å². The third-order valence-corrected chi connectivity index (χ3v) is 4.47. The smallest absolute Gasteiger partial charge is 0.255 e. The highest BCUT2D eigenvalue weighted by Crippen LogP contribution is 2.20. The summed E-state index contributed by atoms with van der Waals surface area (Å²) in [6.07, 6.45) is 2.68. The van der Waals surface area contributed by atoms with Crippen molar-refractivity contribution in [3.8, 4) is 11.8 Å². The van der Waals surface area contributed by atoms with E-state index in [-0.39, 0.29) is 11.3 Å². The molecule has 1 N–H and O–H groups in total. The molecule has 3 nitrogen and oxygen atoms in total. The number of nitrogens with one attached hydrogen (secondary N) is 1. The summed E-state index contributed by atoms with van der Waals surface area (Å²) in [6.45, 7) is 10.3. The molecule has 0 bridgehead atoms. The average molecular weight is 370 g/mol. The van der Waals surface area contributed by atoms with Gasteiger partial charge in [0.2, 0.25) is 0 Å². The number of aromatic nitrogens is 1. The molecule has 0 radical (unpaired) electrons. The molecule has 0 aliphatic heterocycles. The minimum atomic E-state index is -0.140. The summed E-state index contributed by atoms with van der Waals surface area (Å²) in [5.41, 5.74) is 5.30. The standard InChI is InChI=1S/C25H26N2O/c1-6-18-7-9-20-15-21(16-26-23(20)14-18)27-24(28)22-10-8-19(13-17(22)2)11-12-25(3,4)5/h7-10,13-16H,6H2,1-5H3,(H,27,28). The second kappa shape index (κ2) is 7.86. The molecule has 0 spiro atoms. The zero-order valence-electron chi connectivity index (χ0n) is 17.2. The van der Waals surface area contributed by atoms with Crippen LogP contribution in [0.2, 0.25) is 0 Å². The van der Waals surface area contributed by atoms with Crippen molar-refractivity contribution in [3.63, 3.8) is 0 Å². The summed E-state index contributed by atoms with van der Waals surface area (Å²) in [7, 11) is 0. The highest BCUT2D eigenvalue weighted by atomic mass is 16.1. The van der Waals surface area contributed by atoms with Gasteiger partial charge in [0, 0.05) is 21.9 Å². The zero-order valence-corrected chi connectivity index (χ0v) is 17.2. The van der Waals surface area contributed by atoms with Crippen molar-refractivity contribution < 1.29 is 4.79 Å². The molecule has 2 aromatic carbocycles. The fraction of sp³-hybridized carbons (Fsp3) is 0.280. The van der Waals surface area contributed by atoms with Crippen LogP contribution in [0.4, 0.5) is 5.69 Å². The van der Waals surface area contributed by atoms with Gasteiger partial charge in [-0.1, -0.05) is 30.9 Å². The Hall–Kier alpha value is -3.12. The molecule has 1 amide bonds. The van der Waals surface area contributed by atoms with Gasteiger partial charge in [0.15, 0.2) is 0 Å². The normalized spacial score (nSPS) is 11.0. The first kappa shape index (κ1) is 19.6. The fourth-order valence-corrected chi connectivity index (χ4v) is 2.91. The van der Waals surface area contributed by atoms with Crippen molar-refractivity contribution in [3.05, 3.63) is 70.9 Å². The number of nitrogens with zero attached hydrogens (tertiary/aromatic N) is 1. The molecule has 0 atom stereocenters. The van der Waals surface area contributed by atoms with Crippen molar-refractivity contribution >= 4 is 22.5 Å². The Morgan fingerprint density at radius 3 is 2.57 bits per heavy atom. The van der Waals surface area contributed by atoms with Gasteiger partial charge in [0.05, 0.1) is 17.4 Å². The number of rotatable bonds is 3. The molecule has 0 unspecified atom stereocenters. The summed E-state index contributed by atoms with van der Waals surface area (Å²) >= 11 is 0. The Labute approximate surface area is 167 Å². The van der Waals surface area contributed by atoms with Gasteiger partial charge < -0.3 is 5.32 Å². The van der Waals surface area contributed by atoms with Crippen LogP contribution in [0.1, 0.15) is 54.7 Å². The van der Waals surface area contributed by atoms with Gasteiger partial charge in [-0.25, -0.2) is 0 Å². The van der Waals surface area contributed by atoms with Crippen LogP contribution >= 0.6 is 0 Å². The van der Waals surface area contributed by atoms with E-state index in [4.69, 9.17) is 0 Å². The fourth-order valence-electron chi connectivity index (χ4n) is 2.91. The summed E-state index contributed by atoms with van der Waals surface area (Å²) in [6, 6.07) is 13.9. The van der Waals surface area contributed by atoms with Gasteiger partial charge in [-0.05, 0) is 75.6 Å². The van der Waals surface area contributed by atoms with Crippen LogP contribution in [0.3, 0.4) is 0 Å². The molecule has 142 valence electrons. The Morgan fingerprint density at radius 2 is 1.89 bits per heavy atom. The monoisotopic (exact) mass is 370 g/mol. The number of amides is 1. The molecule has 3 rings (SSSR count). The Bertz CT molecular complexity index is 1090. The predicted octanol–water partition coefficient (Wildman–Crippen LogP) is 5.76. The van der Waals surface area contributed by atoms with Crippen LogP contribution < -0.4 is 5.32 Å². The minimum absolute atomic E-state index is 0.0507. The lowest BCUT2D eigenvalue weighted by Crippen LogP contribution is -2.13. The number of pyridine rings is 1. The van der Waals surface area contributed by atoms with Gasteiger partial charge >= 0.3 is 0 Å². The summed E-state index contributed by atoms with van der Waals surface area (Å²) in [5.74, 6) is 6.26. The van der Waals surface area contributed by atoms with Crippen LogP contribution in [-0.2, 0) is 6.42 Å². The first-order valence-corrected chi connectivity index (χ1v) is 9.59. The minimum Gasteiger partial charge on any atom is -0.321 e. The van der Waals surface area contributed by atoms with E-state index >= 15 is 0 Å². The first-order chi connectivity index (χ1) is 13.2. The maximum atomic E-state index is 12.7. The summed E-state index contributed by atoms with van der Waals surface area (Å²) in [5, 5.41) is 3.97. The van der Waals surface area contributed by atoms with Crippen molar-refractivity contribution in [1.82, 2.24) is 4.98 Å². The van der Waals surface area contributed by atoms with E-state index < -0.39 is 0 Å². The third kappa shape index (κ3) is 4.78. The first-order valence-electron chi connectivity index (χ1n) is 9.59. The topological polar surface area (TPSA) is 42.0 Å². The molecule has 1 aromatic heterocycles. The highest BCUT2D eigenvalue weighted by molar-refractivity contribution is 6.06. The molecular weight excluding hydrogens is 344 g/mol. The van der Waals surface area contributed by atoms with Crippen LogP contribution in [0.15, 0.2) is 48.7 Å². The van der Waals surface area contributed by atoms with E-state index in [1.165, 1.54) is 5.56 Å². The second-order valence-corrected chi connectivity index (χ2v) is 8.09. The molecule has 3 heteroatoms. The van der Waals surface area contributed by atoms with E-state index in [0.29, 0.717) is 11.3 Å². The van der Waals surface area contributed by atoms with Crippen molar-refractivity contribution in [2.75, 3.05) is 5.32 Å². The van der Waals surface area contributed by atoms with Gasteiger partial charge in [-0.2, -0.15) is 0 Å². The number of benzene rings is 2. The quantitative estimate of drug-likeness (QED) is 0.596. The third-order valence-electron chi connectivity index (χ3n) is 4.47. The molecule has 0 saturated heterocycles. The maximum Gasteiger partial charge on any atom is 0.255 e.